The first-order valence-corrected chi connectivity index (χ1v) is 10.6. The standard InChI is InChI=1S/C22H24ClN5O4/c1-27-21(18(23)14-25-27)17-12-16(26-22(30)15-2-5-20(29)24-13-15)3-4-19(17)32-11-8-28-6-9-31-10-7-28/h2-5,12-14H,6-11H2,1H3,(H,24,29)(H,26,30). The predicted octanol–water partition coefficient (Wildman–Crippen LogP) is 2.80. The molecule has 1 aromatic carbocycles. The first-order chi connectivity index (χ1) is 15.5. The van der Waals surface area contributed by atoms with Crippen molar-refractivity contribution in [1.29, 1.82) is 0 Å². The second-order valence-corrected chi connectivity index (χ2v) is 7.74. The van der Waals surface area contributed by atoms with E-state index in [1.807, 2.05) is 6.07 Å². The summed E-state index contributed by atoms with van der Waals surface area (Å²) in [4.78, 5) is 18.6. The van der Waals surface area contributed by atoms with Crippen LogP contribution in [-0.4, -0.2) is 70.1 Å². The minimum atomic E-state index is -0.347. The first kappa shape index (κ1) is 22.1. The largest absolute Gasteiger partial charge is 0.493 e. The molecule has 0 unspecified atom stereocenters. The minimum absolute atomic E-state index is 0.145. The summed E-state index contributed by atoms with van der Waals surface area (Å²) >= 11 is 6.40. The fourth-order valence-corrected chi connectivity index (χ4v) is 3.73. The molecule has 1 aliphatic heterocycles. The average molecular weight is 458 g/mol. The van der Waals surface area contributed by atoms with E-state index in [9.17, 15) is 9.90 Å². The minimum Gasteiger partial charge on any atom is -0.493 e. The molecule has 4 rings (SSSR count). The van der Waals surface area contributed by atoms with Crippen molar-refractivity contribution in [2.75, 3.05) is 44.8 Å². The Hall–Kier alpha value is -3.14. The number of carbonyl (C=O) groups is 1. The van der Waals surface area contributed by atoms with Crippen LogP contribution in [0.3, 0.4) is 0 Å². The Labute approximate surface area is 190 Å². The molecule has 3 heterocycles. The van der Waals surface area contributed by atoms with Crippen LogP contribution in [0.15, 0.2) is 42.7 Å². The van der Waals surface area contributed by atoms with E-state index in [0.717, 1.165) is 38.4 Å². The molecule has 2 N–H and O–H groups in total. The number of rotatable bonds is 7. The number of nitrogens with zero attached hydrogens (tertiary/aromatic N) is 4. The molecule has 32 heavy (non-hydrogen) atoms. The Morgan fingerprint density at radius 2 is 2.06 bits per heavy atom. The van der Waals surface area contributed by atoms with Crippen molar-refractivity contribution in [3.63, 3.8) is 0 Å². The number of anilines is 1. The van der Waals surface area contributed by atoms with E-state index >= 15 is 0 Å². The summed E-state index contributed by atoms with van der Waals surface area (Å²) in [6.07, 6.45) is 2.88. The monoisotopic (exact) mass is 457 g/mol. The molecule has 0 bridgehead atoms. The van der Waals surface area contributed by atoms with Crippen LogP contribution < -0.4 is 10.1 Å². The van der Waals surface area contributed by atoms with Crippen molar-refractivity contribution in [3.05, 3.63) is 53.3 Å². The normalized spacial score (nSPS) is 14.3. The molecule has 0 atom stereocenters. The van der Waals surface area contributed by atoms with Gasteiger partial charge in [0.2, 0.25) is 5.88 Å². The maximum atomic E-state index is 12.6. The number of hydrogen-bond donors (Lipinski definition) is 2. The molecule has 1 fully saturated rings. The van der Waals surface area contributed by atoms with Crippen LogP contribution in [-0.2, 0) is 11.8 Å². The van der Waals surface area contributed by atoms with Gasteiger partial charge in [0.05, 0.1) is 35.7 Å². The van der Waals surface area contributed by atoms with Gasteiger partial charge in [0.1, 0.15) is 12.4 Å². The van der Waals surface area contributed by atoms with Gasteiger partial charge in [0, 0.05) is 50.2 Å². The highest BCUT2D eigenvalue weighted by atomic mass is 35.5. The fourth-order valence-electron chi connectivity index (χ4n) is 3.47. The van der Waals surface area contributed by atoms with Crippen LogP contribution >= 0.6 is 11.6 Å². The number of nitrogens with one attached hydrogen (secondary N) is 1. The van der Waals surface area contributed by atoms with E-state index in [1.165, 1.54) is 18.3 Å². The van der Waals surface area contributed by atoms with Gasteiger partial charge in [-0.15, -0.1) is 0 Å². The highest BCUT2D eigenvalue weighted by Crippen LogP contribution is 2.36. The zero-order chi connectivity index (χ0) is 22.5. The number of aromatic nitrogens is 3. The third kappa shape index (κ3) is 5.18. The number of pyridine rings is 1. The number of carbonyl (C=O) groups excluding carboxylic acids is 1. The third-order valence-corrected chi connectivity index (χ3v) is 5.44. The number of halogens is 1. The Morgan fingerprint density at radius 1 is 1.25 bits per heavy atom. The number of aryl methyl sites for hydroxylation is 1. The van der Waals surface area contributed by atoms with E-state index in [0.29, 0.717) is 34.3 Å². The summed E-state index contributed by atoms with van der Waals surface area (Å²) in [6.45, 7) is 4.55. The zero-order valence-corrected chi connectivity index (χ0v) is 18.4. The number of benzene rings is 1. The molecule has 3 aromatic rings. The van der Waals surface area contributed by atoms with Gasteiger partial charge >= 0.3 is 0 Å². The van der Waals surface area contributed by atoms with Crippen molar-refractivity contribution in [2.24, 2.45) is 7.05 Å². The van der Waals surface area contributed by atoms with Gasteiger partial charge in [-0.3, -0.25) is 14.4 Å². The van der Waals surface area contributed by atoms with Crippen molar-refractivity contribution in [1.82, 2.24) is 19.7 Å². The summed E-state index contributed by atoms with van der Waals surface area (Å²) in [5.74, 6) is 0.155. The van der Waals surface area contributed by atoms with Gasteiger partial charge in [0.15, 0.2) is 0 Å². The van der Waals surface area contributed by atoms with Crippen LogP contribution in [0.2, 0.25) is 5.02 Å². The quantitative estimate of drug-likeness (QED) is 0.562. The Bertz CT molecular complexity index is 1060. The molecule has 9 nitrogen and oxygen atoms in total. The van der Waals surface area contributed by atoms with Gasteiger partial charge in [-0.05, 0) is 24.3 Å². The molecule has 0 aliphatic carbocycles. The molecule has 0 radical (unpaired) electrons. The summed E-state index contributed by atoms with van der Waals surface area (Å²) in [7, 11) is 1.80. The lowest BCUT2D eigenvalue weighted by Crippen LogP contribution is -2.38. The Morgan fingerprint density at radius 3 is 2.75 bits per heavy atom. The molecule has 168 valence electrons. The van der Waals surface area contributed by atoms with Crippen molar-refractivity contribution >= 4 is 23.2 Å². The molecule has 10 heteroatoms. The van der Waals surface area contributed by atoms with Crippen LogP contribution in [0.5, 0.6) is 11.6 Å². The summed E-state index contributed by atoms with van der Waals surface area (Å²) < 4.78 is 13.2. The molecule has 0 spiro atoms. The molecular weight excluding hydrogens is 434 g/mol. The highest BCUT2D eigenvalue weighted by Gasteiger charge is 2.17. The molecule has 1 amide bonds. The van der Waals surface area contributed by atoms with E-state index in [-0.39, 0.29) is 11.8 Å². The fraction of sp³-hybridized carbons (Fsp3) is 0.318. The van der Waals surface area contributed by atoms with Crippen LogP contribution in [0.1, 0.15) is 10.4 Å². The second-order valence-electron chi connectivity index (χ2n) is 7.34. The van der Waals surface area contributed by atoms with Crippen LogP contribution in [0.25, 0.3) is 11.3 Å². The lowest BCUT2D eigenvalue weighted by Gasteiger charge is -2.26. The van der Waals surface area contributed by atoms with Gasteiger partial charge in [0.25, 0.3) is 5.91 Å². The highest BCUT2D eigenvalue weighted by molar-refractivity contribution is 6.33. The molecule has 2 aromatic heterocycles. The average Bonchev–Trinajstić information content (AvgIpc) is 3.13. The van der Waals surface area contributed by atoms with Gasteiger partial charge in [-0.1, -0.05) is 11.6 Å². The molecule has 0 saturated carbocycles. The summed E-state index contributed by atoms with van der Waals surface area (Å²) in [5.41, 5.74) is 2.30. The lowest BCUT2D eigenvalue weighted by atomic mass is 10.1. The van der Waals surface area contributed by atoms with Gasteiger partial charge < -0.3 is 19.9 Å². The van der Waals surface area contributed by atoms with E-state index in [4.69, 9.17) is 21.1 Å². The molecule has 1 aliphatic rings. The van der Waals surface area contributed by atoms with Crippen LogP contribution in [0, 0.1) is 0 Å². The molecular formula is C22H24ClN5O4. The smallest absolute Gasteiger partial charge is 0.257 e. The lowest BCUT2D eigenvalue weighted by molar-refractivity contribution is 0.0323. The predicted molar refractivity (Wildman–Crippen MR) is 120 cm³/mol. The number of aromatic hydroxyl groups is 1. The summed E-state index contributed by atoms with van der Waals surface area (Å²) in [6, 6.07) is 8.24. The number of hydrogen-bond acceptors (Lipinski definition) is 7. The van der Waals surface area contributed by atoms with Crippen molar-refractivity contribution < 1.29 is 19.4 Å². The number of ether oxygens (including phenoxy) is 2. The Kier molecular flexibility index (Phi) is 6.89. The van der Waals surface area contributed by atoms with E-state index in [1.54, 1.807) is 30.1 Å². The second kappa shape index (κ2) is 9.99. The van der Waals surface area contributed by atoms with Gasteiger partial charge in [-0.2, -0.15) is 5.10 Å². The number of amides is 1. The zero-order valence-electron chi connectivity index (χ0n) is 17.6. The third-order valence-electron chi connectivity index (χ3n) is 5.17. The maximum Gasteiger partial charge on any atom is 0.257 e. The van der Waals surface area contributed by atoms with E-state index < -0.39 is 0 Å². The van der Waals surface area contributed by atoms with E-state index in [2.05, 4.69) is 20.3 Å². The summed E-state index contributed by atoms with van der Waals surface area (Å²) in [5, 5.41) is 16.9. The maximum absolute atomic E-state index is 12.6. The molecule has 1 saturated heterocycles. The van der Waals surface area contributed by atoms with Crippen molar-refractivity contribution in [2.45, 2.75) is 0 Å². The van der Waals surface area contributed by atoms with Crippen molar-refractivity contribution in [3.8, 4) is 22.9 Å². The SMILES string of the molecule is Cn1ncc(Cl)c1-c1cc(NC(=O)c2ccc(O)nc2)ccc1OCCN1CCOCC1. The topological polar surface area (TPSA) is 102 Å². The number of morpholine rings is 1. The van der Waals surface area contributed by atoms with Gasteiger partial charge in [-0.25, -0.2) is 4.98 Å². The first-order valence-electron chi connectivity index (χ1n) is 10.2. The Balaban J connectivity index is 1.54. The van der Waals surface area contributed by atoms with Crippen LogP contribution in [0.4, 0.5) is 5.69 Å².